The van der Waals surface area contributed by atoms with Crippen LogP contribution in [0.5, 0.6) is 0 Å². The maximum atomic E-state index is 13.1. The molecule has 5 rings (SSSR count). The second-order valence-corrected chi connectivity index (χ2v) is 9.18. The third-order valence-electron chi connectivity index (χ3n) is 5.26. The van der Waals surface area contributed by atoms with Crippen LogP contribution in [0.1, 0.15) is 35.8 Å². The molecular formula is C21H20N2O3S. The number of rotatable bonds is 4. The summed E-state index contributed by atoms with van der Waals surface area (Å²) in [5.41, 5.74) is 3.86. The summed E-state index contributed by atoms with van der Waals surface area (Å²) in [6.07, 6.45) is 4.73. The molecule has 2 aromatic carbocycles. The molecule has 0 bridgehead atoms. The van der Waals surface area contributed by atoms with Crippen molar-refractivity contribution in [1.82, 2.24) is 4.98 Å². The summed E-state index contributed by atoms with van der Waals surface area (Å²) in [6.45, 7) is 2.50. The number of anilines is 1. The van der Waals surface area contributed by atoms with E-state index in [0.29, 0.717) is 23.1 Å². The molecule has 0 unspecified atom stereocenters. The topological polar surface area (TPSA) is 63.4 Å². The van der Waals surface area contributed by atoms with Crippen LogP contribution in [0.3, 0.4) is 0 Å². The summed E-state index contributed by atoms with van der Waals surface area (Å²) in [7, 11) is -3.58. The van der Waals surface area contributed by atoms with Crippen LogP contribution in [0.2, 0.25) is 0 Å². The van der Waals surface area contributed by atoms with Crippen molar-refractivity contribution in [2.45, 2.75) is 37.0 Å². The molecule has 27 heavy (non-hydrogen) atoms. The first-order valence-electron chi connectivity index (χ1n) is 9.21. The highest BCUT2D eigenvalue weighted by molar-refractivity contribution is 7.92. The molecule has 0 spiro atoms. The SMILES string of the molecule is Cc1ccc2c(c1)CCN2S(=O)(=O)c1ccc(-c2cnc(C3CC3)o2)cc1. The molecule has 138 valence electrons. The largest absolute Gasteiger partial charge is 0.440 e. The predicted octanol–water partition coefficient (Wildman–Crippen LogP) is 4.28. The van der Waals surface area contributed by atoms with E-state index in [9.17, 15) is 8.42 Å². The number of benzene rings is 2. The number of fused-ring (bicyclic) bond motifs is 1. The zero-order chi connectivity index (χ0) is 18.6. The van der Waals surface area contributed by atoms with Gasteiger partial charge in [-0.25, -0.2) is 13.4 Å². The van der Waals surface area contributed by atoms with Crippen LogP contribution in [0, 0.1) is 6.92 Å². The number of sulfonamides is 1. The molecule has 1 saturated carbocycles. The number of aryl methyl sites for hydroxylation is 1. The summed E-state index contributed by atoms with van der Waals surface area (Å²) in [4.78, 5) is 4.62. The maximum absolute atomic E-state index is 13.1. The predicted molar refractivity (Wildman–Crippen MR) is 103 cm³/mol. The van der Waals surface area contributed by atoms with Gasteiger partial charge >= 0.3 is 0 Å². The van der Waals surface area contributed by atoms with Crippen LogP contribution in [-0.4, -0.2) is 19.9 Å². The molecule has 3 aromatic rings. The average molecular weight is 380 g/mol. The van der Waals surface area contributed by atoms with Crippen molar-refractivity contribution in [1.29, 1.82) is 0 Å². The highest BCUT2D eigenvalue weighted by Gasteiger charge is 2.31. The van der Waals surface area contributed by atoms with Gasteiger partial charge in [0.05, 0.1) is 16.8 Å². The van der Waals surface area contributed by atoms with Gasteiger partial charge in [-0.2, -0.15) is 0 Å². The second-order valence-electron chi connectivity index (χ2n) is 7.32. The fourth-order valence-corrected chi connectivity index (χ4v) is 5.11. The minimum atomic E-state index is -3.58. The van der Waals surface area contributed by atoms with Crippen molar-refractivity contribution in [3.05, 3.63) is 65.7 Å². The molecule has 1 aliphatic carbocycles. The molecule has 1 aromatic heterocycles. The van der Waals surface area contributed by atoms with Gasteiger partial charge in [-0.3, -0.25) is 4.31 Å². The highest BCUT2D eigenvalue weighted by atomic mass is 32.2. The molecule has 5 nitrogen and oxygen atoms in total. The lowest BCUT2D eigenvalue weighted by Gasteiger charge is -2.19. The van der Waals surface area contributed by atoms with E-state index in [1.807, 2.05) is 19.1 Å². The molecule has 1 fully saturated rings. The van der Waals surface area contributed by atoms with Crippen molar-refractivity contribution in [3.8, 4) is 11.3 Å². The van der Waals surface area contributed by atoms with E-state index < -0.39 is 10.0 Å². The number of oxazole rings is 1. The Morgan fingerprint density at radius 2 is 1.89 bits per heavy atom. The molecule has 6 heteroatoms. The molecule has 0 atom stereocenters. The first-order chi connectivity index (χ1) is 13.0. The smallest absolute Gasteiger partial charge is 0.264 e. The van der Waals surface area contributed by atoms with E-state index in [0.717, 1.165) is 47.5 Å². The van der Waals surface area contributed by atoms with Gasteiger partial charge in [0, 0.05) is 18.0 Å². The Hall–Kier alpha value is -2.60. The molecule has 0 radical (unpaired) electrons. The van der Waals surface area contributed by atoms with Gasteiger partial charge in [-0.15, -0.1) is 0 Å². The van der Waals surface area contributed by atoms with Crippen molar-refractivity contribution in [2.24, 2.45) is 0 Å². The number of hydrogen-bond donors (Lipinski definition) is 0. The zero-order valence-electron chi connectivity index (χ0n) is 15.1. The van der Waals surface area contributed by atoms with Gasteiger partial charge in [0.2, 0.25) is 0 Å². The van der Waals surface area contributed by atoms with E-state index in [4.69, 9.17) is 4.42 Å². The van der Waals surface area contributed by atoms with Crippen LogP contribution in [0.4, 0.5) is 5.69 Å². The van der Waals surface area contributed by atoms with Crippen molar-refractivity contribution in [3.63, 3.8) is 0 Å². The van der Waals surface area contributed by atoms with Gasteiger partial charge in [-0.1, -0.05) is 17.7 Å². The van der Waals surface area contributed by atoms with Gasteiger partial charge in [0.15, 0.2) is 11.7 Å². The standard InChI is InChI=1S/C21H20N2O3S/c1-14-2-9-19-17(12-14)10-11-23(19)27(24,25)18-7-5-15(6-8-18)20-13-22-21(26-20)16-3-4-16/h2,5-9,12-13,16H,3-4,10-11H2,1H3. The van der Waals surface area contributed by atoms with Gasteiger partial charge in [0.25, 0.3) is 10.0 Å². The second kappa shape index (κ2) is 5.96. The first kappa shape index (κ1) is 16.6. The van der Waals surface area contributed by atoms with E-state index in [1.165, 1.54) is 4.31 Å². The summed E-state index contributed by atoms with van der Waals surface area (Å²) in [5, 5.41) is 0. The summed E-state index contributed by atoms with van der Waals surface area (Å²) >= 11 is 0. The third kappa shape index (κ3) is 2.84. The van der Waals surface area contributed by atoms with Crippen LogP contribution in [-0.2, 0) is 16.4 Å². The lowest BCUT2D eigenvalue weighted by molar-refractivity contribution is 0.509. The van der Waals surface area contributed by atoms with Gasteiger partial charge in [-0.05, 0) is 62.1 Å². The Morgan fingerprint density at radius 3 is 2.63 bits per heavy atom. The Labute approximate surface area is 158 Å². The minimum absolute atomic E-state index is 0.293. The van der Waals surface area contributed by atoms with Crippen LogP contribution in [0.25, 0.3) is 11.3 Å². The highest BCUT2D eigenvalue weighted by Crippen LogP contribution is 2.40. The molecular weight excluding hydrogens is 360 g/mol. The van der Waals surface area contributed by atoms with E-state index in [-0.39, 0.29) is 0 Å². The van der Waals surface area contributed by atoms with E-state index in [1.54, 1.807) is 30.5 Å². The number of aromatic nitrogens is 1. The Bertz CT molecular complexity index is 1110. The lowest BCUT2D eigenvalue weighted by atomic mass is 10.1. The molecule has 2 heterocycles. The Balaban J connectivity index is 1.44. The fraction of sp³-hybridized carbons (Fsp3) is 0.286. The van der Waals surface area contributed by atoms with Crippen LogP contribution < -0.4 is 4.31 Å². The first-order valence-corrected chi connectivity index (χ1v) is 10.6. The Morgan fingerprint density at radius 1 is 1.11 bits per heavy atom. The van der Waals surface area contributed by atoms with E-state index >= 15 is 0 Å². The molecule has 0 N–H and O–H groups in total. The zero-order valence-corrected chi connectivity index (χ0v) is 15.9. The summed E-state index contributed by atoms with van der Waals surface area (Å²) in [5.74, 6) is 1.92. The van der Waals surface area contributed by atoms with Crippen molar-refractivity contribution >= 4 is 15.7 Å². The molecule has 0 saturated heterocycles. The fourth-order valence-electron chi connectivity index (χ4n) is 3.61. The maximum Gasteiger partial charge on any atom is 0.264 e. The average Bonchev–Trinajstić information content (AvgIpc) is 3.24. The number of nitrogens with zero attached hydrogens (tertiary/aromatic N) is 2. The summed E-state index contributed by atoms with van der Waals surface area (Å²) in [6, 6.07) is 12.8. The van der Waals surface area contributed by atoms with Crippen LogP contribution >= 0.6 is 0 Å². The van der Waals surface area contributed by atoms with E-state index in [2.05, 4.69) is 11.1 Å². The number of hydrogen-bond acceptors (Lipinski definition) is 4. The molecule has 2 aliphatic rings. The van der Waals surface area contributed by atoms with Crippen LogP contribution in [0.15, 0.2) is 58.0 Å². The van der Waals surface area contributed by atoms with Crippen molar-refractivity contribution in [2.75, 3.05) is 10.8 Å². The Kier molecular flexibility index (Phi) is 3.65. The molecule has 1 aliphatic heterocycles. The normalized spacial score (nSPS) is 16.6. The van der Waals surface area contributed by atoms with Crippen molar-refractivity contribution < 1.29 is 12.8 Å². The molecule has 0 amide bonds. The third-order valence-corrected chi connectivity index (χ3v) is 7.09. The minimum Gasteiger partial charge on any atom is -0.440 e. The van der Waals surface area contributed by atoms with Gasteiger partial charge < -0.3 is 4.42 Å². The van der Waals surface area contributed by atoms with Gasteiger partial charge in [0.1, 0.15) is 0 Å². The quantitative estimate of drug-likeness (QED) is 0.678. The monoisotopic (exact) mass is 380 g/mol. The lowest BCUT2D eigenvalue weighted by Crippen LogP contribution is -2.29. The summed E-state index contributed by atoms with van der Waals surface area (Å²) < 4.78 is 33.6.